The highest BCUT2D eigenvalue weighted by Gasteiger charge is 2.54. The van der Waals surface area contributed by atoms with Crippen molar-refractivity contribution in [1.29, 1.82) is 0 Å². The molecule has 2 bridgehead atoms. The Morgan fingerprint density at radius 2 is 1.88 bits per heavy atom. The minimum atomic E-state index is -0.580. The SMILES string of the molecule is CC(CBr)[N+]1(C)[C@@H]2CC[C@H]1CC(OC(=O)C(CO)c1ccccc1)C2. The molecular weight excluding hydrogens is 382 g/mol. The van der Waals surface area contributed by atoms with Crippen LogP contribution in [0.2, 0.25) is 0 Å². The number of fused-ring (bicyclic) bond motifs is 2. The van der Waals surface area contributed by atoms with E-state index in [-0.39, 0.29) is 18.7 Å². The maximum atomic E-state index is 12.6. The highest BCUT2D eigenvalue weighted by atomic mass is 79.9. The Kier molecular flexibility index (Phi) is 5.86. The number of aliphatic hydroxyl groups is 1. The Morgan fingerprint density at radius 1 is 1.28 bits per heavy atom. The van der Waals surface area contributed by atoms with Crippen molar-refractivity contribution in [1.82, 2.24) is 0 Å². The van der Waals surface area contributed by atoms with Gasteiger partial charge in [-0.3, -0.25) is 4.79 Å². The topological polar surface area (TPSA) is 46.5 Å². The Morgan fingerprint density at radius 3 is 2.40 bits per heavy atom. The van der Waals surface area contributed by atoms with Gasteiger partial charge in [-0.05, 0) is 12.5 Å². The Hall–Kier alpha value is -0.910. The van der Waals surface area contributed by atoms with E-state index in [4.69, 9.17) is 4.74 Å². The van der Waals surface area contributed by atoms with E-state index in [1.54, 1.807) is 0 Å². The molecule has 2 aliphatic heterocycles. The Labute approximate surface area is 158 Å². The summed E-state index contributed by atoms with van der Waals surface area (Å²) in [6, 6.07) is 11.1. The van der Waals surface area contributed by atoms with Gasteiger partial charge in [0, 0.05) is 25.7 Å². The van der Waals surface area contributed by atoms with Crippen molar-refractivity contribution in [3.63, 3.8) is 0 Å². The van der Waals surface area contributed by atoms with Gasteiger partial charge in [-0.1, -0.05) is 46.3 Å². The normalized spacial score (nSPS) is 33.7. The molecular formula is C20H29BrNO3+. The second-order valence-electron chi connectivity index (χ2n) is 7.79. The molecule has 1 aromatic carbocycles. The molecule has 5 heteroatoms. The highest BCUT2D eigenvalue weighted by Crippen LogP contribution is 2.44. The van der Waals surface area contributed by atoms with E-state index < -0.39 is 5.92 Å². The molecule has 25 heavy (non-hydrogen) atoms. The number of piperidine rings is 1. The van der Waals surface area contributed by atoms with Gasteiger partial charge in [0.15, 0.2) is 0 Å². The zero-order valence-corrected chi connectivity index (χ0v) is 16.7. The zero-order valence-electron chi connectivity index (χ0n) is 15.1. The fourth-order valence-corrected chi connectivity index (χ4v) is 5.47. The number of benzene rings is 1. The van der Waals surface area contributed by atoms with Crippen LogP contribution in [0.1, 0.15) is 44.1 Å². The quantitative estimate of drug-likeness (QED) is 0.444. The lowest BCUT2D eigenvalue weighted by molar-refractivity contribution is -0.967. The average Bonchev–Trinajstić information content (AvgIpc) is 2.80. The predicted molar refractivity (Wildman–Crippen MR) is 102 cm³/mol. The monoisotopic (exact) mass is 410 g/mol. The van der Waals surface area contributed by atoms with E-state index in [9.17, 15) is 9.90 Å². The first-order valence-corrected chi connectivity index (χ1v) is 10.4. The molecule has 0 saturated carbocycles. The van der Waals surface area contributed by atoms with Gasteiger partial charge in [-0.2, -0.15) is 0 Å². The summed E-state index contributed by atoms with van der Waals surface area (Å²) in [5.41, 5.74) is 0.822. The van der Waals surface area contributed by atoms with Crippen molar-refractivity contribution < 1.29 is 19.1 Å². The number of carbonyl (C=O) groups excluding carboxylic acids is 1. The number of rotatable bonds is 6. The first kappa shape index (κ1) is 18.9. The molecule has 0 amide bonds. The number of hydrogen-bond acceptors (Lipinski definition) is 3. The fourth-order valence-electron chi connectivity index (χ4n) is 4.84. The Bertz CT molecular complexity index is 580. The highest BCUT2D eigenvalue weighted by molar-refractivity contribution is 9.09. The van der Waals surface area contributed by atoms with Crippen LogP contribution in [0.15, 0.2) is 30.3 Å². The van der Waals surface area contributed by atoms with Crippen LogP contribution in [0.5, 0.6) is 0 Å². The predicted octanol–water partition coefficient (Wildman–Crippen LogP) is 3.23. The smallest absolute Gasteiger partial charge is 0.316 e. The molecule has 2 fully saturated rings. The third-order valence-corrected chi connectivity index (χ3v) is 7.54. The van der Waals surface area contributed by atoms with Gasteiger partial charge in [0.1, 0.15) is 12.0 Å². The van der Waals surface area contributed by atoms with Gasteiger partial charge in [-0.25, -0.2) is 0 Å². The third-order valence-electron chi connectivity index (χ3n) is 6.60. The number of ether oxygens (including phenoxy) is 1. The molecule has 2 saturated heterocycles. The van der Waals surface area contributed by atoms with Gasteiger partial charge < -0.3 is 14.3 Å². The van der Waals surface area contributed by atoms with E-state index >= 15 is 0 Å². The lowest BCUT2D eigenvalue weighted by Crippen LogP contribution is -2.63. The molecule has 2 heterocycles. The molecule has 1 N–H and O–H groups in total. The minimum Gasteiger partial charge on any atom is -0.461 e. The van der Waals surface area contributed by atoms with Crippen molar-refractivity contribution in [2.45, 2.75) is 62.8 Å². The van der Waals surface area contributed by atoms with Gasteiger partial charge >= 0.3 is 5.97 Å². The minimum absolute atomic E-state index is 0.0171. The van der Waals surface area contributed by atoms with E-state index in [1.165, 1.54) is 12.8 Å². The molecule has 0 aliphatic carbocycles. The summed E-state index contributed by atoms with van der Waals surface area (Å²) >= 11 is 3.65. The number of quaternary nitrogens is 1. The van der Waals surface area contributed by atoms with Crippen LogP contribution in [-0.2, 0) is 9.53 Å². The van der Waals surface area contributed by atoms with Crippen LogP contribution >= 0.6 is 15.9 Å². The van der Waals surface area contributed by atoms with Crippen LogP contribution in [0.4, 0.5) is 0 Å². The Balaban J connectivity index is 1.66. The number of hydrogen-bond donors (Lipinski definition) is 1. The number of aliphatic hydroxyl groups excluding tert-OH is 1. The second-order valence-corrected chi connectivity index (χ2v) is 8.43. The maximum Gasteiger partial charge on any atom is 0.316 e. The summed E-state index contributed by atoms with van der Waals surface area (Å²) in [7, 11) is 2.37. The van der Waals surface area contributed by atoms with Gasteiger partial charge in [-0.15, -0.1) is 0 Å². The standard InChI is InChI=1S/C20H29BrNO3/c1-14(12-21)22(2)16-8-9-17(22)11-18(10-16)25-20(24)19(13-23)15-6-4-3-5-7-15/h3-7,14,16-19,23H,8-13H2,1-2H3/q+1/t14?,16-,17+,18?,19?,22?. The molecule has 4 nitrogen and oxygen atoms in total. The van der Waals surface area contributed by atoms with Gasteiger partial charge in [0.2, 0.25) is 0 Å². The van der Waals surface area contributed by atoms with Crippen LogP contribution in [0, 0.1) is 0 Å². The first-order chi connectivity index (χ1) is 12.0. The number of halogens is 1. The summed E-state index contributed by atoms with van der Waals surface area (Å²) in [5.74, 6) is -0.870. The molecule has 4 unspecified atom stereocenters. The maximum absolute atomic E-state index is 12.6. The number of esters is 1. The third kappa shape index (κ3) is 3.51. The molecule has 2 aliphatic rings. The molecule has 0 aromatic heterocycles. The van der Waals surface area contributed by atoms with Crippen LogP contribution in [-0.4, -0.2) is 58.8 Å². The molecule has 0 radical (unpaired) electrons. The molecule has 6 atom stereocenters. The van der Waals surface area contributed by atoms with Crippen LogP contribution < -0.4 is 0 Å². The van der Waals surface area contributed by atoms with Crippen LogP contribution in [0.3, 0.4) is 0 Å². The number of alkyl halides is 1. The zero-order chi connectivity index (χ0) is 18.0. The molecule has 3 rings (SSSR count). The lowest BCUT2D eigenvalue weighted by Gasteiger charge is -2.50. The van der Waals surface area contributed by atoms with Crippen molar-refractivity contribution in [3.05, 3.63) is 35.9 Å². The van der Waals surface area contributed by atoms with E-state index in [2.05, 4.69) is 29.9 Å². The van der Waals surface area contributed by atoms with Gasteiger partial charge in [0.25, 0.3) is 0 Å². The lowest BCUT2D eigenvalue weighted by atomic mass is 9.94. The van der Waals surface area contributed by atoms with Gasteiger partial charge in [0.05, 0.1) is 37.1 Å². The van der Waals surface area contributed by atoms with E-state index in [0.717, 1.165) is 28.2 Å². The largest absolute Gasteiger partial charge is 0.461 e. The summed E-state index contributed by atoms with van der Waals surface area (Å²) in [6.45, 7) is 2.10. The van der Waals surface area contributed by atoms with Crippen molar-refractivity contribution in [2.75, 3.05) is 19.0 Å². The van der Waals surface area contributed by atoms with Crippen molar-refractivity contribution in [3.8, 4) is 0 Å². The number of carbonyl (C=O) groups is 1. The molecule has 1 aromatic rings. The number of nitrogens with zero attached hydrogens (tertiary/aromatic N) is 1. The summed E-state index contributed by atoms with van der Waals surface area (Å²) in [6.07, 6.45) is 4.28. The van der Waals surface area contributed by atoms with Crippen LogP contribution in [0.25, 0.3) is 0 Å². The first-order valence-electron chi connectivity index (χ1n) is 9.28. The summed E-state index contributed by atoms with van der Waals surface area (Å²) in [5, 5.41) is 10.7. The van der Waals surface area contributed by atoms with Crippen molar-refractivity contribution >= 4 is 21.9 Å². The fraction of sp³-hybridized carbons (Fsp3) is 0.650. The molecule has 0 spiro atoms. The van der Waals surface area contributed by atoms with Crippen molar-refractivity contribution in [2.24, 2.45) is 0 Å². The second kappa shape index (κ2) is 7.77. The molecule has 138 valence electrons. The summed E-state index contributed by atoms with van der Waals surface area (Å²) < 4.78 is 6.96. The average molecular weight is 411 g/mol. The van der Waals surface area contributed by atoms with E-state index in [1.807, 2.05) is 30.3 Å². The summed E-state index contributed by atoms with van der Waals surface area (Å²) in [4.78, 5) is 12.6. The van der Waals surface area contributed by atoms with E-state index in [0.29, 0.717) is 18.1 Å².